The minimum Gasteiger partial charge on any atom is -0.390 e. The SMILES string of the molecule is CC1CC[C@H]([C@H](C)CCC(C)(C)O)CCCC2C1CC[C@H]1C[C@](O)(C(F)(F)F)CC[C@H]21. The Kier molecular flexibility index (Phi) is 7.78. The van der Waals surface area contributed by atoms with Gasteiger partial charge in [-0.25, -0.2) is 0 Å². The van der Waals surface area contributed by atoms with Gasteiger partial charge in [-0.3, -0.25) is 0 Å². The second kappa shape index (κ2) is 9.52. The van der Waals surface area contributed by atoms with Crippen molar-refractivity contribution in [2.45, 2.75) is 122 Å². The first-order chi connectivity index (χ1) is 14.3. The first-order valence-electron chi connectivity index (χ1n) is 12.8. The molecule has 2 N–H and O–H groups in total. The van der Waals surface area contributed by atoms with Gasteiger partial charge in [0.05, 0.1) is 5.60 Å². The van der Waals surface area contributed by atoms with Crippen LogP contribution in [0, 0.1) is 41.4 Å². The largest absolute Gasteiger partial charge is 0.417 e. The molecule has 0 spiro atoms. The lowest BCUT2D eigenvalue weighted by molar-refractivity contribution is -0.281. The lowest BCUT2D eigenvalue weighted by atomic mass is 9.55. The van der Waals surface area contributed by atoms with Crippen LogP contribution >= 0.6 is 0 Å². The summed E-state index contributed by atoms with van der Waals surface area (Å²) >= 11 is 0. The van der Waals surface area contributed by atoms with Crippen molar-refractivity contribution in [2.24, 2.45) is 41.4 Å². The molecule has 3 fully saturated rings. The maximum absolute atomic E-state index is 13.4. The van der Waals surface area contributed by atoms with Crippen molar-refractivity contribution in [1.82, 2.24) is 0 Å². The molecule has 0 amide bonds. The monoisotopic (exact) mass is 446 g/mol. The van der Waals surface area contributed by atoms with E-state index >= 15 is 0 Å². The fourth-order valence-corrected chi connectivity index (χ4v) is 7.38. The van der Waals surface area contributed by atoms with Crippen LogP contribution in [0.4, 0.5) is 13.2 Å². The van der Waals surface area contributed by atoms with E-state index < -0.39 is 17.4 Å². The predicted octanol–water partition coefficient (Wildman–Crippen LogP) is 7.13. The van der Waals surface area contributed by atoms with E-state index in [0.717, 1.165) is 38.5 Å². The van der Waals surface area contributed by atoms with Crippen molar-refractivity contribution in [2.75, 3.05) is 0 Å². The topological polar surface area (TPSA) is 40.5 Å². The normalized spacial score (nSPS) is 41.3. The van der Waals surface area contributed by atoms with Gasteiger partial charge >= 0.3 is 6.18 Å². The molecule has 5 heteroatoms. The highest BCUT2D eigenvalue weighted by atomic mass is 19.4. The van der Waals surface area contributed by atoms with Gasteiger partial charge in [0.1, 0.15) is 0 Å². The van der Waals surface area contributed by atoms with Gasteiger partial charge in [-0.05, 0) is 113 Å². The van der Waals surface area contributed by atoms with E-state index in [1.54, 1.807) is 0 Å². The fourth-order valence-electron chi connectivity index (χ4n) is 7.38. The fraction of sp³-hybridized carbons (Fsp3) is 1.00. The molecule has 0 aliphatic heterocycles. The van der Waals surface area contributed by atoms with Crippen LogP contribution in [0.5, 0.6) is 0 Å². The number of rotatable bonds is 4. The summed E-state index contributed by atoms with van der Waals surface area (Å²) in [6, 6.07) is 0. The molecular weight excluding hydrogens is 401 g/mol. The van der Waals surface area contributed by atoms with Crippen LogP contribution in [0.15, 0.2) is 0 Å². The van der Waals surface area contributed by atoms with E-state index in [9.17, 15) is 23.4 Å². The smallest absolute Gasteiger partial charge is 0.390 e. The standard InChI is InChI=1S/C26H45F3O2/c1-17(12-14-24(3,4)30)19-6-5-7-23-21(18(2)8-9-19)11-10-20-16-25(31,26(27,28)29)15-13-22(20)23/h17-23,30-31H,5-16H2,1-4H3/t17-,18?,19-,20+,21?,22+,23?,25+/m1/s1. The molecule has 0 radical (unpaired) electrons. The third kappa shape index (κ3) is 5.99. The molecule has 3 aliphatic rings. The molecule has 3 unspecified atom stereocenters. The highest BCUT2D eigenvalue weighted by Gasteiger charge is 2.58. The van der Waals surface area contributed by atoms with Crippen LogP contribution in [0.3, 0.4) is 0 Å². The van der Waals surface area contributed by atoms with Gasteiger partial charge < -0.3 is 10.2 Å². The van der Waals surface area contributed by atoms with Crippen LogP contribution < -0.4 is 0 Å². The van der Waals surface area contributed by atoms with Gasteiger partial charge in [-0.15, -0.1) is 0 Å². The van der Waals surface area contributed by atoms with E-state index in [-0.39, 0.29) is 18.8 Å². The Hall–Kier alpha value is -0.290. The zero-order valence-electron chi connectivity index (χ0n) is 20.1. The number of fused-ring (bicyclic) bond motifs is 3. The van der Waals surface area contributed by atoms with Gasteiger partial charge in [-0.2, -0.15) is 13.2 Å². The summed E-state index contributed by atoms with van der Waals surface area (Å²) in [5.41, 5.74) is -3.07. The van der Waals surface area contributed by atoms with Gasteiger partial charge in [0.15, 0.2) is 5.60 Å². The lowest BCUT2D eigenvalue weighted by Crippen LogP contribution is -2.53. The Bertz CT molecular complexity index is 584. The molecule has 3 rings (SSSR count). The molecule has 3 saturated carbocycles. The molecule has 3 aliphatic carbocycles. The number of hydrogen-bond donors (Lipinski definition) is 2. The molecule has 0 aromatic heterocycles. The maximum atomic E-state index is 13.4. The minimum absolute atomic E-state index is 0.0242. The highest BCUT2D eigenvalue weighted by molar-refractivity contribution is 5.00. The van der Waals surface area contributed by atoms with E-state index in [0.29, 0.717) is 41.9 Å². The van der Waals surface area contributed by atoms with Crippen molar-refractivity contribution in [3.05, 3.63) is 0 Å². The van der Waals surface area contributed by atoms with Crippen LogP contribution in [0.2, 0.25) is 0 Å². The summed E-state index contributed by atoms with van der Waals surface area (Å²) in [5, 5.41) is 20.4. The van der Waals surface area contributed by atoms with E-state index in [4.69, 9.17) is 0 Å². The second-order valence-electron chi connectivity index (χ2n) is 12.2. The van der Waals surface area contributed by atoms with Crippen LogP contribution in [-0.4, -0.2) is 27.6 Å². The van der Waals surface area contributed by atoms with Crippen LogP contribution in [0.25, 0.3) is 0 Å². The van der Waals surface area contributed by atoms with E-state index in [1.165, 1.54) is 19.3 Å². The number of halogens is 3. The Morgan fingerprint density at radius 1 is 0.935 bits per heavy atom. The maximum Gasteiger partial charge on any atom is 0.417 e. The molecule has 0 aromatic rings. The van der Waals surface area contributed by atoms with E-state index in [2.05, 4.69) is 13.8 Å². The lowest BCUT2D eigenvalue weighted by Gasteiger charge is -2.51. The number of alkyl halides is 3. The summed E-state index contributed by atoms with van der Waals surface area (Å²) < 4.78 is 40.3. The minimum atomic E-state index is -4.51. The van der Waals surface area contributed by atoms with Crippen molar-refractivity contribution in [3.63, 3.8) is 0 Å². The summed E-state index contributed by atoms with van der Waals surface area (Å²) in [6.07, 6.45) is 5.52. The van der Waals surface area contributed by atoms with Gasteiger partial charge in [-0.1, -0.05) is 33.1 Å². The predicted molar refractivity (Wildman–Crippen MR) is 118 cm³/mol. The quantitative estimate of drug-likeness (QED) is 0.482. The zero-order chi connectivity index (χ0) is 23.0. The molecule has 0 aromatic carbocycles. The third-order valence-corrected chi connectivity index (χ3v) is 9.45. The molecule has 8 atom stereocenters. The van der Waals surface area contributed by atoms with Gasteiger partial charge in [0, 0.05) is 0 Å². The van der Waals surface area contributed by atoms with Gasteiger partial charge in [0.2, 0.25) is 0 Å². The van der Waals surface area contributed by atoms with Crippen molar-refractivity contribution < 1.29 is 23.4 Å². The number of hydrogen-bond acceptors (Lipinski definition) is 2. The Labute approximate surface area is 187 Å². The number of aliphatic hydroxyl groups is 2. The van der Waals surface area contributed by atoms with Crippen LogP contribution in [0.1, 0.15) is 105 Å². The third-order valence-electron chi connectivity index (χ3n) is 9.45. The summed E-state index contributed by atoms with van der Waals surface area (Å²) in [7, 11) is 0. The molecule has 0 saturated heterocycles. The molecule has 182 valence electrons. The average Bonchev–Trinajstić information content (AvgIpc) is 2.74. The average molecular weight is 447 g/mol. The summed E-state index contributed by atoms with van der Waals surface area (Å²) in [6.45, 7) is 8.48. The second-order valence-corrected chi connectivity index (χ2v) is 12.2. The Balaban J connectivity index is 1.65. The summed E-state index contributed by atoms with van der Waals surface area (Å²) in [5.74, 6) is 3.44. The molecular formula is C26H45F3O2. The van der Waals surface area contributed by atoms with Crippen molar-refractivity contribution in [1.29, 1.82) is 0 Å². The molecule has 0 bridgehead atoms. The van der Waals surface area contributed by atoms with E-state index in [1.807, 2.05) is 13.8 Å². The Morgan fingerprint density at radius 2 is 1.65 bits per heavy atom. The zero-order valence-corrected chi connectivity index (χ0v) is 20.1. The van der Waals surface area contributed by atoms with Crippen molar-refractivity contribution in [3.8, 4) is 0 Å². The Morgan fingerprint density at radius 3 is 2.29 bits per heavy atom. The van der Waals surface area contributed by atoms with Crippen LogP contribution in [-0.2, 0) is 0 Å². The van der Waals surface area contributed by atoms with Gasteiger partial charge in [0.25, 0.3) is 0 Å². The summed E-state index contributed by atoms with van der Waals surface area (Å²) in [4.78, 5) is 0. The first kappa shape index (κ1) is 25.3. The molecule has 0 heterocycles. The first-order valence-corrected chi connectivity index (χ1v) is 12.8. The highest BCUT2D eigenvalue weighted by Crippen LogP contribution is 2.56. The molecule has 31 heavy (non-hydrogen) atoms. The van der Waals surface area contributed by atoms with Crippen molar-refractivity contribution >= 4 is 0 Å². The molecule has 2 nitrogen and oxygen atoms in total.